The van der Waals surface area contributed by atoms with Crippen LogP contribution in [-0.2, 0) is 23.2 Å². The summed E-state index contributed by atoms with van der Waals surface area (Å²) in [6.45, 7) is 4.50. The van der Waals surface area contributed by atoms with Crippen LogP contribution in [0, 0.1) is 0 Å². The average Bonchev–Trinajstić information content (AvgIpc) is 2.88. The highest BCUT2D eigenvalue weighted by molar-refractivity contribution is 7.52. The van der Waals surface area contributed by atoms with E-state index in [1.165, 1.54) is 128 Å². The van der Waals surface area contributed by atoms with Crippen LogP contribution in [0.1, 0.15) is 194 Å². The minimum absolute atomic E-state index is 0.148. The van der Waals surface area contributed by atoms with E-state index < -0.39 is 19.7 Å². The van der Waals surface area contributed by atoms with Gasteiger partial charge in [0.2, 0.25) is 0 Å². The lowest BCUT2D eigenvalue weighted by atomic mass is 10.0. The quantitative estimate of drug-likeness (QED) is 0.0678. The van der Waals surface area contributed by atoms with E-state index in [1.807, 2.05) is 0 Å². The van der Waals surface area contributed by atoms with E-state index in [0.717, 1.165) is 25.7 Å². The Morgan fingerprint density at radius 3 is 0.872 bits per heavy atom. The largest absolute Gasteiger partial charge is 0.514 e. The summed E-state index contributed by atoms with van der Waals surface area (Å²) in [5, 5.41) is 0. The van der Waals surface area contributed by atoms with Gasteiger partial charge in [0.25, 0.3) is 0 Å². The van der Waals surface area contributed by atoms with Gasteiger partial charge >= 0.3 is 19.7 Å². The minimum Gasteiger partial charge on any atom is -0.371 e. The Hall–Kier alpha value is -0.870. The van der Waals surface area contributed by atoms with Gasteiger partial charge in [0.05, 0.1) is 0 Å². The van der Waals surface area contributed by atoms with Crippen molar-refractivity contribution in [1.29, 1.82) is 0 Å². The van der Waals surface area contributed by atoms with Crippen LogP contribution >= 0.6 is 7.75 Å². The summed E-state index contributed by atoms with van der Waals surface area (Å²) in [5.74, 6) is -1.31. The first-order valence-electron chi connectivity index (χ1n) is 16.7. The molecule has 0 aliphatic carbocycles. The molecule has 0 rings (SSSR count). The molecule has 0 aromatic carbocycles. The van der Waals surface area contributed by atoms with Crippen molar-refractivity contribution in [2.24, 2.45) is 5.50 Å². The molecule has 7 heteroatoms. The molecule has 0 aliphatic heterocycles. The Morgan fingerprint density at radius 1 is 0.436 bits per heavy atom. The summed E-state index contributed by atoms with van der Waals surface area (Å²) in [7, 11) is -4.18. The molecule has 39 heavy (non-hydrogen) atoms. The molecule has 0 amide bonds. The Morgan fingerprint density at radius 2 is 0.641 bits per heavy atom. The summed E-state index contributed by atoms with van der Waals surface area (Å²) in [6, 6.07) is 0. The maximum Gasteiger partial charge on any atom is 0.514 e. The van der Waals surface area contributed by atoms with Crippen LogP contribution in [-0.4, -0.2) is 11.9 Å². The number of rotatable bonds is 30. The summed E-state index contributed by atoms with van der Waals surface area (Å²) in [4.78, 5) is 23.9. The number of nitrogens with two attached hydrogens (primary N) is 1. The van der Waals surface area contributed by atoms with Gasteiger partial charge in [0, 0.05) is 12.8 Å². The minimum atomic E-state index is -4.18. The Kier molecular flexibility index (Phi) is 28.0. The highest BCUT2D eigenvalue weighted by Gasteiger charge is 2.27. The van der Waals surface area contributed by atoms with Crippen LogP contribution in [0.15, 0.2) is 0 Å². The molecule has 0 bridgehead atoms. The molecule has 0 unspecified atom stereocenters. The molecule has 0 saturated carbocycles. The van der Waals surface area contributed by atoms with E-state index in [-0.39, 0.29) is 12.8 Å². The monoisotopic (exact) mass is 573 g/mol. The molecular weight excluding hydrogens is 509 g/mol. The topological polar surface area (TPSA) is 95.7 Å². The van der Waals surface area contributed by atoms with Gasteiger partial charge in [0.15, 0.2) is 0 Å². The second-order valence-corrected chi connectivity index (χ2v) is 12.9. The molecule has 2 N–H and O–H groups in total. The summed E-state index contributed by atoms with van der Waals surface area (Å²) in [5.41, 5.74) is 5.48. The number of hydrogen-bond donors (Lipinski definition) is 1. The standard InChI is InChI=1S/C32H64NO5P/c1-3-5-7-9-11-13-15-17-19-21-23-25-27-29-31(34)37-39(33,36)38-32(35)30-28-26-24-22-20-18-16-14-12-10-8-6-4-2/h3-30H2,1-2H3,(H2,33,36). The van der Waals surface area contributed by atoms with Gasteiger partial charge in [-0.1, -0.05) is 168 Å². The molecule has 0 aliphatic rings. The first-order chi connectivity index (χ1) is 18.9. The normalized spacial score (nSPS) is 11.6. The maximum atomic E-state index is 12.2. The molecule has 0 spiro atoms. The van der Waals surface area contributed by atoms with Crippen molar-refractivity contribution in [3.63, 3.8) is 0 Å². The van der Waals surface area contributed by atoms with Crippen molar-refractivity contribution in [3.05, 3.63) is 0 Å². The van der Waals surface area contributed by atoms with Crippen molar-refractivity contribution >= 4 is 19.7 Å². The SMILES string of the molecule is CCCCCCCCCCCCCCCC(=O)OP(N)(=O)OC(=O)CCCCCCCCCCCCCCC. The predicted molar refractivity (Wildman–Crippen MR) is 165 cm³/mol. The van der Waals surface area contributed by atoms with E-state index in [4.69, 9.17) is 14.6 Å². The average molecular weight is 574 g/mol. The van der Waals surface area contributed by atoms with Gasteiger partial charge in [-0.2, -0.15) is 0 Å². The first-order valence-corrected chi connectivity index (χ1v) is 18.4. The van der Waals surface area contributed by atoms with Crippen LogP contribution in [0.2, 0.25) is 0 Å². The Balaban J connectivity index is 3.57. The molecule has 0 radical (unpaired) electrons. The van der Waals surface area contributed by atoms with Gasteiger partial charge in [-0.3, -0.25) is 9.59 Å². The number of unbranched alkanes of at least 4 members (excludes halogenated alkanes) is 24. The van der Waals surface area contributed by atoms with Gasteiger partial charge in [-0.25, -0.2) is 10.1 Å². The fourth-order valence-electron chi connectivity index (χ4n) is 4.97. The fourth-order valence-corrected chi connectivity index (χ4v) is 5.76. The molecule has 0 atom stereocenters. The second-order valence-electron chi connectivity index (χ2n) is 11.5. The smallest absolute Gasteiger partial charge is 0.371 e. The molecule has 0 aromatic heterocycles. The third-order valence-electron chi connectivity index (χ3n) is 7.43. The van der Waals surface area contributed by atoms with Gasteiger partial charge in [-0.15, -0.1) is 0 Å². The maximum absolute atomic E-state index is 12.2. The van der Waals surface area contributed by atoms with Crippen molar-refractivity contribution in [2.45, 2.75) is 194 Å². The van der Waals surface area contributed by atoms with Crippen molar-refractivity contribution in [3.8, 4) is 0 Å². The van der Waals surface area contributed by atoms with Crippen LogP contribution in [0.4, 0.5) is 0 Å². The van der Waals surface area contributed by atoms with Crippen molar-refractivity contribution < 1.29 is 23.2 Å². The number of carbonyl (C=O) groups is 2. The Bertz CT molecular complexity index is 565. The molecule has 0 heterocycles. The first kappa shape index (κ1) is 38.1. The molecule has 6 nitrogen and oxygen atoms in total. The number of hydrogen-bond acceptors (Lipinski definition) is 5. The van der Waals surface area contributed by atoms with E-state index in [2.05, 4.69) is 13.8 Å². The van der Waals surface area contributed by atoms with Crippen LogP contribution in [0.3, 0.4) is 0 Å². The van der Waals surface area contributed by atoms with E-state index in [0.29, 0.717) is 12.8 Å². The lowest BCUT2D eigenvalue weighted by Gasteiger charge is -2.13. The van der Waals surface area contributed by atoms with Gasteiger partial charge in [0.1, 0.15) is 0 Å². The molecule has 0 aromatic rings. The summed E-state index contributed by atoms with van der Waals surface area (Å²) in [6.07, 6.45) is 32.0. The third kappa shape index (κ3) is 29.9. The molecule has 0 saturated heterocycles. The van der Waals surface area contributed by atoms with Crippen LogP contribution in [0.25, 0.3) is 0 Å². The zero-order valence-corrected chi connectivity index (χ0v) is 26.8. The molecule has 0 fully saturated rings. The third-order valence-corrected chi connectivity index (χ3v) is 8.34. The summed E-state index contributed by atoms with van der Waals surface area (Å²) < 4.78 is 21.8. The van der Waals surface area contributed by atoms with Crippen LogP contribution < -0.4 is 5.50 Å². The van der Waals surface area contributed by atoms with Gasteiger partial charge in [-0.05, 0) is 12.8 Å². The van der Waals surface area contributed by atoms with Crippen molar-refractivity contribution in [1.82, 2.24) is 0 Å². The predicted octanol–water partition coefficient (Wildman–Crippen LogP) is 11.1. The lowest BCUT2D eigenvalue weighted by molar-refractivity contribution is -0.138. The van der Waals surface area contributed by atoms with E-state index in [1.54, 1.807) is 0 Å². The molecular formula is C32H64NO5P. The highest BCUT2D eigenvalue weighted by atomic mass is 31.2. The van der Waals surface area contributed by atoms with Crippen LogP contribution in [0.5, 0.6) is 0 Å². The zero-order chi connectivity index (χ0) is 28.9. The zero-order valence-electron chi connectivity index (χ0n) is 25.9. The lowest BCUT2D eigenvalue weighted by Crippen LogP contribution is -2.13. The fraction of sp³-hybridized carbons (Fsp3) is 0.938. The van der Waals surface area contributed by atoms with Gasteiger partial charge < -0.3 is 9.05 Å². The second kappa shape index (κ2) is 28.7. The number of carbonyl (C=O) groups excluding carboxylic acids is 2. The van der Waals surface area contributed by atoms with E-state index >= 15 is 0 Å². The summed E-state index contributed by atoms with van der Waals surface area (Å²) >= 11 is 0. The van der Waals surface area contributed by atoms with Crippen molar-refractivity contribution in [2.75, 3.05) is 0 Å². The molecule has 232 valence electrons. The highest BCUT2D eigenvalue weighted by Crippen LogP contribution is 2.40. The Labute approximate surface area is 241 Å². The van der Waals surface area contributed by atoms with E-state index in [9.17, 15) is 14.2 Å².